The smallest absolute Gasteiger partial charge is 0.295 e. The SMILES string of the molecule is COc1cc(N2CCN(C(=O)c3ccoc3)CC2)c([N+](=O)[O-])cc1F. The summed E-state index contributed by atoms with van der Waals surface area (Å²) in [6.45, 7) is 1.56. The second kappa shape index (κ2) is 6.80. The Bertz CT molecular complexity index is 785. The Morgan fingerprint density at radius 2 is 2.04 bits per heavy atom. The maximum absolute atomic E-state index is 13.8. The van der Waals surface area contributed by atoms with E-state index >= 15 is 0 Å². The van der Waals surface area contributed by atoms with Crippen molar-refractivity contribution in [2.75, 3.05) is 38.2 Å². The van der Waals surface area contributed by atoms with Crippen LogP contribution in [0.2, 0.25) is 0 Å². The number of carbonyl (C=O) groups is 1. The Balaban J connectivity index is 1.78. The first-order valence-corrected chi connectivity index (χ1v) is 7.59. The van der Waals surface area contributed by atoms with E-state index in [1.165, 1.54) is 25.7 Å². The van der Waals surface area contributed by atoms with Crippen molar-refractivity contribution in [1.82, 2.24) is 4.90 Å². The van der Waals surface area contributed by atoms with E-state index < -0.39 is 10.7 Å². The number of ether oxygens (including phenoxy) is 1. The van der Waals surface area contributed by atoms with Crippen LogP contribution < -0.4 is 9.64 Å². The minimum absolute atomic E-state index is 0.0579. The van der Waals surface area contributed by atoms with Crippen LogP contribution in [0.25, 0.3) is 0 Å². The molecule has 0 aliphatic carbocycles. The van der Waals surface area contributed by atoms with Gasteiger partial charge in [-0.25, -0.2) is 4.39 Å². The van der Waals surface area contributed by atoms with Crippen LogP contribution in [0.15, 0.2) is 35.1 Å². The van der Waals surface area contributed by atoms with Crippen LogP contribution in [-0.4, -0.2) is 49.0 Å². The van der Waals surface area contributed by atoms with E-state index in [0.717, 1.165) is 6.07 Å². The molecule has 1 aromatic carbocycles. The number of halogens is 1. The van der Waals surface area contributed by atoms with Crippen molar-refractivity contribution in [2.24, 2.45) is 0 Å². The van der Waals surface area contributed by atoms with Gasteiger partial charge in [0.05, 0.1) is 29.9 Å². The molecule has 0 N–H and O–H groups in total. The predicted octanol–water partition coefficient (Wildman–Crippen LogP) is 2.30. The van der Waals surface area contributed by atoms with Crippen molar-refractivity contribution < 1.29 is 23.3 Å². The highest BCUT2D eigenvalue weighted by molar-refractivity contribution is 5.94. The number of hydrogen-bond donors (Lipinski definition) is 0. The molecule has 0 radical (unpaired) electrons. The van der Waals surface area contributed by atoms with Gasteiger partial charge in [0, 0.05) is 32.2 Å². The molecule has 2 heterocycles. The lowest BCUT2D eigenvalue weighted by Crippen LogP contribution is -2.48. The van der Waals surface area contributed by atoms with Crippen molar-refractivity contribution in [3.05, 3.63) is 52.2 Å². The Labute approximate surface area is 142 Å². The van der Waals surface area contributed by atoms with Gasteiger partial charge in [-0.15, -0.1) is 0 Å². The summed E-state index contributed by atoms with van der Waals surface area (Å²) in [7, 11) is 1.30. The van der Waals surface area contributed by atoms with Crippen LogP contribution in [0.1, 0.15) is 10.4 Å². The van der Waals surface area contributed by atoms with Gasteiger partial charge in [-0.3, -0.25) is 14.9 Å². The summed E-state index contributed by atoms with van der Waals surface area (Å²) in [4.78, 5) is 26.3. The number of furan rings is 1. The molecular weight excluding hydrogens is 333 g/mol. The molecule has 2 aromatic rings. The minimum Gasteiger partial charge on any atom is -0.494 e. The van der Waals surface area contributed by atoms with Gasteiger partial charge in [0.15, 0.2) is 11.6 Å². The van der Waals surface area contributed by atoms with E-state index in [2.05, 4.69) is 0 Å². The van der Waals surface area contributed by atoms with E-state index in [1.54, 1.807) is 15.9 Å². The maximum atomic E-state index is 13.8. The minimum atomic E-state index is -0.785. The van der Waals surface area contributed by atoms with Crippen LogP contribution in [0.5, 0.6) is 5.75 Å². The van der Waals surface area contributed by atoms with Gasteiger partial charge in [0.1, 0.15) is 12.0 Å². The third-order valence-electron chi connectivity index (χ3n) is 4.12. The summed E-state index contributed by atoms with van der Waals surface area (Å²) in [5.41, 5.74) is 0.412. The first kappa shape index (κ1) is 16.7. The summed E-state index contributed by atoms with van der Waals surface area (Å²) in [6.07, 6.45) is 2.81. The molecule has 1 aliphatic heterocycles. The number of hydrogen-bond acceptors (Lipinski definition) is 6. The highest BCUT2D eigenvalue weighted by atomic mass is 19.1. The Kier molecular flexibility index (Phi) is 4.55. The Hall–Kier alpha value is -3.10. The Morgan fingerprint density at radius 3 is 2.60 bits per heavy atom. The topological polar surface area (TPSA) is 89.1 Å². The molecule has 0 saturated carbocycles. The number of anilines is 1. The standard InChI is InChI=1S/C16H16FN3O5/c1-24-15-9-13(14(20(22)23)8-12(15)17)18-3-5-19(6-4-18)16(21)11-2-7-25-10-11/h2,7-10H,3-6H2,1H3. The molecule has 1 aromatic heterocycles. The molecule has 0 atom stereocenters. The number of benzene rings is 1. The molecule has 1 fully saturated rings. The van der Waals surface area contributed by atoms with Crippen molar-refractivity contribution in [2.45, 2.75) is 0 Å². The van der Waals surface area contributed by atoms with Crippen LogP contribution in [0.3, 0.4) is 0 Å². The van der Waals surface area contributed by atoms with E-state index in [1.807, 2.05) is 0 Å². The summed E-state index contributed by atoms with van der Waals surface area (Å²) in [5.74, 6) is -0.996. The zero-order chi connectivity index (χ0) is 18.0. The molecule has 3 rings (SSSR count). The third kappa shape index (κ3) is 3.25. The first-order chi connectivity index (χ1) is 12.0. The monoisotopic (exact) mass is 349 g/mol. The summed E-state index contributed by atoms with van der Waals surface area (Å²) < 4.78 is 23.6. The molecular formula is C16H16FN3O5. The highest BCUT2D eigenvalue weighted by Crippen LogP contribution is 2.35. The number of piperazine rings is 1. The number of carbonyl (C=O) groups excluding carboxylic acids is 1. The lowest BCUT2D eigenvalue weighted by atomic mass is 10.2. The van der Waals surface area contributed by atoms with Gasteiger partial charge in [-0.1, -0.05) is 0 Å². The van der Waals surface area contributed by atoms with Crippen LogP contribution >= 0.6 is 0 Å². The summed E-state index contributed by atoms with van der Waals surface area (Å²) >= 11 is 0. The van der Waals surface area contributed by atoms with Crippen LogP contribution in [-0.2, 0) is 0 Å². The van der Waals surface area contributed by atoms with Crippen molar-refractivity contribution in [1.29, 1.82) is 0 Å². The van der Waals surface area contributed by atoms with Crippen molar-refractivity contribution in [3.8, 4) is 5.75 Å². The number of nitro groups is 1. The zero-order valence-electron chi connectivity index (χ0n) is 13.5. The molecule has 0 unspecified atom stereocenters. The van der Waals surface area contributed by atoms with Gasteiger partial charge in [0.2, 0.25) is 0 Å². The molecule has 1 amide bonds. The number of amides is 1. The van der Waals surface area contributed by atoms with E-state index in [0.29, 0.717) is 31.7 Å². The molecule has 1 aliphatic rings. The highest BCUT2D eigenvalue weighted by Gasteiger charge is 2.28. The van der Waals surface area contributed by atoms with Gasteiger partial charge < -0.3 is 19.0 Å². The average molecular weight is 349 g/mol. The van der Waals surface area contributed by atoms with Gasteiger partial charge in [-0.05, 0) is 6.07 Å². The van der Waals surface area contributed by atoms with Gasteiger partial charge >= 0.3 is 0 Å². The van der Waals surface area contributed by atoms with Crippen LogP contribution in [0, 0.1) is 15.9 Å². The zero-order valence-corrected chi connectivity index (χ0v) is 13.5. The lowest BCUT2D eigenvalue weighted by molar-refractivity contribution is -0.384. The van der Waals surface area contributed by atoms with E-state index in [4.69, 9.17) is 9.15 Å². The second-order valence-electron chi connectivity index (χ2n) is 5.52. The third-order valence-corrected chi connectivity index (χ3v) is 4.12. The average Bonchev–Trinajstić information content (AvgIpc) is 3.15. The van der Waals surface area contributed by atoms with Crippen LogP contribution in [0.4, 0.5) is 15.8 Å². The van der Waals surface area contributed by atoms with Gasteiger partial charge in [0.25, 0.3) is 11.6 Å². The first-order valence-electron chi connectivity index (χ1n) is 7.59. The number of nitro benzene ring substituents is 1. The molecule has 0 spiro atoms. The fraction of sp³-hybridized carbons (Fsp3) is 0.312. The van der Waals surface area contributed by atoms with Gasteiger partial charge in [-0.2, -0.15) is 0 Å². The molecule has 0 bridgehead atoms. The number of methoxy groups -OCH3 is 1. The summed E-state index contributed by atoms with van der Waals surface area (Å²) in [6, 6.07) is 3.77. The molecule has 25 heavy (non-hydrogen) atoms. The Morgan fingerprint density at radius 1 is 1.32 bits per heavy atom. The van der Waals surface area contributed by atoms with E-state index in [-0.39, 0.29) is 23.0 Å². The largest absolute Gasteiger partial charge is 0.494 e. The second-order valence-corrected chi connectivity index (χ2v) is 5.52. The molecule has 8 nitrogen and oxygen atoms in total. The molecule has 1 saturated heterocycles. The molecule has 132 valence electrons. The quantitative estimate of drug-likeness (QED) is 0.621. The van der Waals surface area contributed by atoms with Crippen molar-refractivity contribution in [3.63, 3.8) is 0 Å². The maximum Gasteiger partial charge on any atom is 0.295 e. The fourth-order valence-electron chi connectivity index (χ4n) is 2.81. The normalized spacial score (nSPS) is 14.5. The van der Waals surface area contributed by atoms with E-state index in [9.17, 15) is 19.3 Å². The fourth-order valence-corrected chi connectivity index (χ4v) is 2.81. The van der Waals surface area contributed by atoms with Crippen molar-refractivity contribution >= 4 is 17.3 Å². The number of nitrogens with zero attached hydrogens (tertiary/aromatic N) is 3. The lowest BCUT2D eigenvalue weighted by Gasteiger charge is -2.35. The summed E-state index contributed by atoms with van der Waals surface area (Å²) in [5, 5.41) is 11.2. The predicted molar refractivity (Wildman–Crippen MR) is 86.4 cm³/mol. The molecule has 9 heteroatoms. The number of rotatable bonds is 4.